The predicted molar refractivity (Wildman–Crippen MR) is 89.1 cm³/mol. The van der Waals surface area contributed by atoms with Crippen molar-refractivity contribution in [2.45, 2.75) is 32.7 Å². The second kappa shape index (κ2) is 8.47. The molecule has 1 atom stereocenters. The van der Waals surface area contributed by atoms with Crippen molar-refractivity contribution in [2.24, 2.45) is 5.92 Å². The highest BCUT2D eigenvalue weighted by atomic mass is 16.5. The Bertz CT molecular complexity index is 586. The molecule has 0 saturated carbocycles. The Hall–Kier alpha value is -2.37. The minimum absolute atomic E-state index is 0.00209. The third kappa shape index (κ3) is 5.37. The van der Waals surface area contributed by atoms with Gasteiger partial charge in [-0.2, -0.15) is 0 Å². The first-order chi connectivity index (χ1) is 11.5. The zero-order valence-electron chi connectivity index (χ0n) is 14.2. The van der Waals surface area contributed by atoms with Gasteiger partial charge in [-0.25, -0.2) is 0 Å². The molecule has 1 aliphatic heterocycles. The Morgan fingerprint density at radius 3 is 2.67 bits per heavy atom. The molecule has 1 fully saturated rings. The fourth-order valence-electron chi connectivity index (χ4n) is 2.67. The molecule has 2 amide bonds. The topological polar surface area (TPSA) is 75.7 Å². The molecule has 1 N–H and O–H groups in total. The normalized spacial score (nSPS) is 17.2. The van der Waals surface area contributed by atoms with Crippen LogP contribution in [0.2, 0.25) is 0 Å². The van der Waals surface area contributed by atoms with Crippen molar-refractivity contribution in [2.75, 3.05) is 19.7 Å². The number of carbonyl (C=O) groups is 3. The van der Waals surface area contributed by atoms with Crippen LogP contribution in [0.4, 0.5) is 0 Å². The van der Waals surface area contributed by atoms with Crippen LogP contribution in [0.15, 0.2) is 30.3 Å². The van der Waals surface area contributed by atoms with Crippen LogP contribution in [0.3, 0.4) is 0 Å². The maximum absolute atomic E-state index is 12.0. The third-order valence-corrected chi connectivity index (χ3v) is 3.86. The number of hydrogen-bond donors (Lipinski definition) is 1. The Morgan fingerprint density at radius 2 is 2.00 bits per heavy atom. The summed E-state index contributed by atoms with van der Waals surface area (Å²) in [6, 6.07) is 9.90. The van der Waals surface area contributed by atoms with Gasteiger partial charge in [0.1, 0.15) is 0 Å². The second-order valence-electron chi connectivity index (χ2n) is 6.31. The zero-order chi connectivity index (χ0) is 17.5. The van der Waals surface area contributed by atoms with Gasteiger partial charge in [0, 0.05) is 25.6 Å². The lowest BCUT2D eigenvalue weighted by atomic mass is 10.1. The molecule has 1 aliphatic rings. The van der Waals surface area contributed by atoms with E-state index in [1.54, 1.807) is 4.90 Å². The van der Waals surface area contributed by atoms with Crippen molar-refractivity contribution >= 4 is 17.8 Å². The van der Waals surface area contributed by atoms with Gasteiger partial charge in [-0.3, -0.25) is 14.4 Å². The van der Waals surface area contributed by atoms with Gasteiger partial charge in [0.25, 0.3) is 5.91 Å². The SMILES string of the molecule is CC(C)NC(=O)COC(=O)C1CC(=O)N(CCc2ccccc2)C1. The minimum Gasteiger partial charge on any atom is -0.455 e. The summed E-state index contributed by atoms with van der Waals surface area (Å²) in [6.45, 7) is 4.31. The molecule has 1 aromatic carbocycles. The molecule has 2 rings (SSSR count). The van der Waals surface area contributed by atoms with Crippen LogP contribution in [0.5, 0.6) is 0 Å². The van der Waals surface area contributed by atoms with Crippen LogP contribution < -0.4 is 5.32 Å². The van der Waals surface area contributed by atoms with E-state index in [-0.39, 0.29) is 30.9 Å². The van der Waals surface area contributed by atoms with E-state index >= 15 is 0 Å². The zero-order valence-corrected chi connectivity index (χ0v) is 14.2. The molecule has 0 radical (unpaired) electrons. The van der Waals surface area contributed by atoms with Crippen LogP contribution in [0.25, 0.3) is 0 Å². The lowest BCUT2D eigenvalue weighted by Crippen LogP contribution is -2.35. The van der Waals surface area contributed by atoms with Gasteiger partial charge in [0.05, 0.1) is 5.92 Å². The molecule has 6 heteroatoms. The molecule has 6 nitrogen and oxygen atoms in total. The van der Waals surface area contributed by atoms with Crippen LogP contribution in [-0.2, 0) is 25.5 Å². The minimum atomic E-state index is -0.486. The second-order valence-corrected chi connectivity index (χ2v) is 6.31. The number of hydrogen-bond acceptors (Lipinski definition) is 4. The molecular formula is C18H24N2O4. The van der Waals surface area contributed by atoms with Crippen molar-refractivity contribution in [3.05, 3.63) is 35.9 Å². The summed E-state index contributed by atoms with van der Waals surface area (Å²) in [5, 5.41) is 2.65. The molecule has 1 unspecified atom stereocenters. The molecule has 0 aliphatic carbocycles. The van der Waals surface area contributed by atoms with Crippen LogP contribution in [0.1, 0.15) is 25.8 Å². The van der Waals surface area contributed by atoms with Gasteiger partial charge < -0.3 is 15.0 Å². The third-order valence-electron chi connectivity index (χ3n) is 3.86. The maximum Gasteiger partial charge on any atom is 0.311 e. The first-order valence-electron chi connectivity index (χ1n) is 8.23. The number of likely N-dealkylation sites (tertiary alicyclic amines) is 1. The number of amides is 2. The largest absolute Gasteiger partial charge is 0.455 e. The molecule has 0 aromatic heterocycles. The number of ether oxygens (including phenoxy) is 1. The van der Waals surface area contributed by atoms with Gasteiger partial charge >= 0.3 is 5.97 Å². The van der Waals surface area contributed by atoms with E-state index in [0.717, 1.165) is 12.0 Å². The predicted octanol–water partition coefficient (Wildman–Crippen LogP) is 1.15. The Labute approximate surface area is 142 Å². The van der Waals surface area contributed by atoms with E-state index in [1.807, 2.05) is 44.2 Å². The number of carbonyl (C=O) groups excluding carboxylic acids is 3. The van der Waals surface area contributed by atoms with Gasteiger partial charge in [-0.1, -0.05) is 30.3 Å². The van der Waals surface area contributed by atoms with E-state index in [2.05, 4.69) is 5.32 Å². The lowest BCUT2D eigenvalue weighted by Gasteiger charge is -2.16. The Morgan fingerprint density at radius 1 is 1.29 bits per heavy atom. The molecule has 1 heterocycles. The monoisotopic (exact) mass is 332 g/mol. The average molecular weight is 332 g/mol. The van der Waals surface area contributed by atoms with Crippen molar-refractivity contribution in [1.29, 1.82) is 0 Å². The smallest absolute Gasteiger partial charge is 0.311 e. The maximum atomic E-state index is 12.0. The van der Waals surface area contributed by atoms with E-state index < -0.39 is 11.9 Å². The summed E-state index contributed by atoms with van der Waals surface area (Å²) in [5.41, 5.74) is 1.15. The number of esters is 1. The van der Waals surface area contributed by atoms with E-state index in [4.69, 9.17) is 4.74 Å². The van der Waals surface area contributed by atoms with Gasteiger partial charge in [-0.15, -0.1) is 0 Å². The Kier molecular flexibility index (Phi) is 6.35. The van der Waals surface area contributed by atoms with E-state index in [1.165, 1.54) is 0 Å². The molecule has 1 saturated heterocycles. The van der Waals surface area contributed by atoms with E-state index in [0.29, 0.717) is 13.1 Å². The molecule has 130 valence electrons. The standard InChI is InChI=1S/C18H24N2O4/c1-13(2)19-16(21)12-24-18(23)15-10-17(22)20(11-15)9-8-14-6-4-3-5-7-14/h3-7,13,15H,8-12H2,1-2H3,(H,19,21). The summed E-state index contributed by atoms with van der Waals surface area (Å²) in [7, 11) is 0. The average Bonchev–Trinajstić information content (AvgIpc) is 2.92. The van der Waals surface area contributed by atoms with Crippen LogP contribution in [0, 0.1) is 5.92 Å². The molecule has 24 heavy (non-hydrogen) atoms. The van der Waals surface area contributed by atoms with Gasteiger partial charge in [-0.05, 0) is 25.8 Å². The van der Waals surface area contributed by atoms with Crippen LogP contribution >= 0.6 is 0 Å². The number of benzene rings is 1. The first kappa shape index (κ1) is 18.0. The summed E-state index contributed by atoms with van der Waals surface area (Å²) >= 11 is 0. The summed E-state index contributed by atoms with van der Waals surface area (Å²) < 4.78 is 5.02. The van der Waals surface area contributed by atoms with E-state index in [9.17, 15) is 14.4 Å². The van der Waals surface area contributed by atoms with Crippen LogP contribution in [-0.4, -0.2) is 48.4 Å². The highest BCUT2D eigenvalue weighted by Gasteiger charge is 2.35. The molecule has 0 spiro atoms. The van der Waals surface area contributed by atoms with Gasteiger partial charge in [0.15, 0.2) is 6.61 Å². The Balaban J connectivity index is 1.76. The van der Waals surface area contributed by atoms with Crippen molar-refractivity contribution < 1.29 is 19.1 Å². The number of nitrogens with zero attached hydrogens (tertiary/aromatic N) is 1. The number of nitrogens with one attached hydrogen (secondary N) is 1. The molecule has 0 bridgehead atoms. The molecule has 1 aromatic rings. The summed E-state index contributed by atoms with van der Waals surface area (Å²) in [4.78, 5) is 37.2. The van der Waals surface area contributed by atoms with Gasteiger partial charge in [0.2, 0.25) is 5.91 Å². The first-order valence-corrected chi connectivity index (χ1v) is 8.23. The van der Waals surface area contributed by atoms with Crippen molar-refractivity contribution in [3.8, 4) is 0 Å². The van der Waals surface area contributed by atoms with Crippen molar-refractivity contribution in [3.63, 3.8) is 0 Å². The fourth-order valence-corrected chi connectivity index (χ4v) is 2.67. The number of rotatable bonds is 7. The van der Waals surface area contributed by atoms with Crippen molar-refractivity contribution in [1.82, 2.24) is 10.2 Å². The quantitative estimate of drug-likeness (QED) is 0.760. The fraction of sp³-hybridized carbons (Fsp3) is 0.500. The summed E-state index contributed by atoms with van der Waals surface area (Å²) in [6.07, 6.45) is 0.907. The highest BCUT2D eigenvalue weighted by Crippen LogP contribution is 2.19. The highest BCUT2D eigenvalue weighted by molar-refractivity contribution is 5.88. The summed E-state index contributed by atoms with van der Waals surface area (Å²) in [5.74, 6) is -1.34. The lowest BCUT2D eigenvalue weighted by molar-refractivity contribution is -0.152. The molecular weight excluding hydrogens is 308 g/mol.